The number of benzene rings is 1. The Morgan fingerprint density at radius 3 is 2.70 bits per heavy atom. The Kier molecular flexibility index (Phi) is 3.79. The van der Waals surface area contributed by atoms with E-state index in [1.165, 1.54) is 18.6 Å². The molecule has 2 bridgehead atoms. The van der Waals surface area contributed by atoms with Crippen molar-refractivity contribution >= 4 is 29.2 Å². The van der Waals surface area contributed by atoms with Crippen molar-refractivity contribution in [2.45, 2.75) is 40.0 Å². The second kappa shape index (κ2) is 5.41. The molecular weight excluding hydrogens is 314 g/mol. The molecule has 0 aliphatic heterocycles. The van der Waals surface area contributed by atoms with Gasteiger partial charge in [-0.05, 0) is 36.7 Å². The lowest BCUT2D eigenvalue weighted by atomic mass is 9.70. The highest BCUT2D eigenvalue weighted by atomic mass is 35.5. The van der Waals surface area contributed by atoms with Gasteiger partial charge < -0.3 is 0 Å². The minimum atomic E-state index is -0.495. The van der Waals surface area contributed by atoms with Gasteiger partial charge in [0.25, 0.3) is 5.69 Å². The van der Waals surface area contributed by atoms with Gasteiger partial charge in [0.15, 0.2) is 0 Å². The molecule has 0 spiro atoms. The third kappa shape index (κ3) is 2.47. The lowest BCUT2D eigenvalue weighted by molar-refractivity contribution is -0.384. The summed E-state index contributed by atoms with van der Waals surface area (Å²) in [6.45, 7) is 6.92. The first-order valence-corrected chi connectivity index (χ1v) is 8.18. The highest BCUT2D eigenvalue weighted by molar-refractivity contribution is 6.32. The molecule has 5 nitrogen and oxygen atoms in total. The molecule has 2 saturated carbocycles. The molecule has 2 aliphatic rings. The summed E-state index contributed by atoms with van der Waals surface area (Å²) in [4.78, 5) is 10.4. The topological polar surface area (TPSA) is 67.9 Å². The van der Waals surface area contributed by atoms with Crippen molar-refractivity contribution in [1.29, 1.82) is 0 Å². The first-order valence-electron chi connectivity index (χ1n) is 7.80. The van der Waals surface area contributed by atoms with E-state index in [0.717, 1.165) is 18.6 Å². The average molecular weight is 334 g/mol. The Hall–Kier alpha value is -1.75. The van der Waals surface area contributed by atoms with E-state index >= 15 is 0 Å². The highest BCUT2D eigenvalue weighted by Gasteiger charge is 2.59. The zero-order valence-corrected chi connectivity index (χ0v) is 14.3. The monoisotopic (exact) mass is 333 g/mol. The van der Waals surface area contributed by atoms with Gasteiger partial charge in [-0.1, -0.05) is 38.4 Å². The minimum Gasteiger partial charge on any atom is -0.258 e. The molecule has 2 unspecified atom stereocenters. The number of nitrogens with zero attached hydrogens (tertiary/aromatic N) is 3. The molecule has 23 heavy (non-hydrogen) atoms. The van der Waals surface area contributed by atoms with Crippen LogP contribution in [0.15, 0.2) is 28.4 Å². The number of nitro groups is 1. The van der Waals surface area contributed by atoms with Gasteiger partial charge >= 0.3 is 0 Å². The van der Waals surface area contributed by atoms with Gasteiger partial charge in [-0.25, -0.2) is 0 Å². The largest absolute Gasteiger partial charge is 0.288 e. The number of fused-ring (bicyclic) bond motifs is 2. The molecule has 0 saturated heterocycles. The van der Waals surface area contributed by atoms with Crippen LogP contribution in [0.25, 0.3) is 0 Å². The normalized spacial score (nSPS) is 30.4. The van der Waals surface area contributed by atoms with E-state index in [2.05, 4.69) is 31.0 Å². The standard InChI is InChI=1S/C17H20ClN3O2/c1-16(2)12-6-7-17(16,3)15(9-12)20-19-10-11-4-5-13(18)14(8-11)21(22)23/h4-5,8,10,12H,6-7,9H2,1-3H3/b19-10+,20-15-. The summed E-state index contributed by atoms with van der Waals surface area (Å²) >= 11 is 5.81. The third-order valence-electron chi connectivity index (χ3n) is 6.06. The van der Waals surface area contributed by atoms with Crippen molar-refractivity contribution in [3.8, 4) is 0 Å². The van der Waals surface area contributed by atoms with Gasteiger partial charge in [0.05, 0.1) is 11.1 Å². The Labute approximate surface area is 140 Å². The van der Waals surface area contributed by atoms with E-state index < -0.39 is 4.92 Å². The second-order valence-electron chi connectivity index (χ2n) is 7.25. The molecule has 2 atom stereocenters. The van der Waals surface area contributed by atoms with E-state index in [1.54, 1.807) is 12.3 Å². The van der Waals surface area contributed by atoms with Crippen LogP contribution in [-0.2, 0) is 0 Å². The van der Waals surface area contributed by atoms with Gasteiger partial charge in [-0.15, -0.1) is 0 Å². The van der Waals surface area contributed by atoms with E-state index in [9.17, 15) is 10.1 Å². The SMILES string of the molecule is CC12CCC(C/C1=N/N=C/c1ccc(Cl)c([N+](=O)[O-])c1)C2(C)C. The fourth-order valence-electron chi connectivity index (χ4n) is 3.99. The van der Waals surface area contributed by atoms with Crippen molar-refractivity contribution < 1.29 is 4.92 Å². The predicted molar refractivity (Wildman–Crippen MR) is 92.4 cm³/mol. The fourth-order valence-corrected chi connectivity index (χ4v) is 4.18. The molecule has 3 rings (SSSR count). The zero-order chi connectivity index (χ0) is 16.8. The number of halogens is 1. The van der Waals surface area contributed by atoms with Crippen molar-refractivity contribution in [2.75, 3.05) is 0 Å². The first kappa shape index (κ1) is 16.1. The maximum atomic E-state index is 10.9. The lowest BCUT2D eigenvalue weighted by Crippen LogP contribution is -2.32. The van der Waals surface area contributed by atoms with Crippen LogP contribution in [0.4, 0.5) is 5.69 Å². The summed E-state index contributed by atoms with van der Waals surface area (Å²) in [5.74, 6) is 0.679. The molecule has 2 fully saturated rings. The summed E-state index contributed by atoms with van der Waals surface area (Å²) < 4.78 is 0. The summed E-state index contributed by atoms with van der Waals surface area (Å²) in [7, 11) is 0. The van der Waals surface area contributed by atoms with Crippen LogP contribution in [0.1, 0.15) is 45.6 Å². The molecule has 1 aromatic rings. The van der Waals surface area contributed by atoms with E-state index in [0.29, 0.717) is 11.5 Å². The quantitative estimate of drug-likeness (QED) is 0.450. The van der Waals surface area contributed by atoms with Crippen LogP contribution in [0.2, 0.25) is 5.02 Å². The molecule has 0 radical (unpaired) electrons. The molecule has 1 aromatic carbocycles. The second-order valence-corrected chi connectivity index (χ2v) is 7.66. The van der Waals surface area contributed by atoms with Crippen molar-refractivity contribution in [3.05, 3.63) is 38.9 Å². The molecule has 0 N–H and O–H groups in total. The third-order valence-corrected chi connectivity index (χ3v) is 6.38. The van der Waals surface area contributed by atoms with Crippen LogP contribution < -0.4 is 0 Å². The van der Waals surface area contributed by atoms with Gasteiger partial charge in [-0.2, -0.15) is 10.2 Å². The maximum Gasteiger partial charge on any atom is 0.288 e. The van der Waals surface area contributed by atoms with Crippen LogP contribution >= 0.6 is 11.6 Å². The Morgan fingerprint density at radius 1 is 1.39 bits per heavy atom. The van der Waals surface area contributed by atoms with Gasteiger partial charge in [0.2, 0.25) is 0 Å². The van der Waals surface area contributed by atoms with Crippen LogP contribution in [0.3, 0.4) is 0 Å². The number of hydrogen-bond acceptors (Lipinski definition) is 4. The van der Waals surface area contributed by atoms with Crippen molar-refractivity contribution in [1.82, 2.24) is 0 Å². The molecule has 0 amide bonds. The fraction of sp³-hybridized carbons (Fsp3) is 0.529. The Morgan fingerprint density at radius 2 is 2.13 bits per heavy atom. The Balaban J connectivity index is 1.83. The van der Waals surface area contributed by atoms with Crippen molar-refractivity contribution in [3.63, 3.8) is 0 Å². The van der Waals surface area contributed by atoms with Crippen LogP contribution in [0, 0.1) is 26.9 Å². The molecule has 0 heterocycles. The van der Waals surface area contributed by atoms with Gasteiger partial charge in [-0.3, -0.25) is 10.1 Å². The minimum absolute atomic E-state index is 0.112. The number of hydrogen-bond donors (Lipinski definition) is 0. The van der Waals surface area contributed by atoms with E-state index in [-0.39, 0.29) is 21.5 Å². The van der Waals surface area contributed by atoms with E-state index in [4.69, 9.17) is 11.6 Å². The molecule has 2 aliphatic carbocycles. The van der Waals surface area contributed by atoms with Crippen molar-refractivity contribution in [2.24, 2.45) is 27.0 Å². The maximum absolute atomic E-state index is 10.9. The van der Waals surface area contributed by atoms with Crippen LogP contribution in [0.5, 0.6) is 0 Å². The average Bonchev–Trinajstić information content (AvgIpc) is 2.82. The summed E-state index contributed by atoms with van der Waals surface area (Å²) in [6.07, 6.45) is 4.97. The summed E-state index contributed by atoms with van der Waals surface area (Å²) in [5.41, 5.74) is 2.04. The molecule has 6 heteroatoms. The lowest BCUT2D eigenvalue weighted by Gasteiger charge is -2.34. The van der Waals surface area contributed by atoms with Gasteiger partial charge in [0.1, 0.15) is 5.02 Å². The predicted octanol–water partition coefficient (Wildman–Crippen LogP) is 4.87. The first-order chi connectivity index (χ1) is 10.8. The number of nitro benzene ring substituents is 1. The van der Waals surface area contributed by atoms with Crippen LogP contribution in [-0.4, -0.2) is 16.8 Å². The Bertz CT molecular complexity index is 727. The smallest absolute Gasteiger partial charge is 0.258 e. The van der Waals surface area contributed by atoms with E-state index in [1.807, 2.05) is 0 Å². The highest BCUT2D eigenvalue weighted by Crippen LogP contribution is 2.63. The molecular formula is C17H20ClN3O2. The summed E-state index contributed by atoms with van der Waals surface area (Å²) in [6, 6.07) is 4.63. The number of rotatable bonds is 3. The van der Waals surface area contributed by atoms with Gasteiger partial charge in [0, 0.05) is 22.8 Å². The molecule has 122 valence electrons. The molecule has 0 aromatic heterocycles. The zero-order valence-electron chi connectivity index (χ0n) is 13.5. The summed E-state index contributed by atoms with van der Waals surface area (Å²) in [5, 5.41) is 19.7.